The molecule has 0 saturated carbocycles. The van der Waals surface area contributed by atoms with Gasteiger partial charge in [0.2, 0.25) is 5.91 Å². The Kier molecular flexibility index (Phi) is 3.27. The number of hydrogen-bond donors (Lipinski definition) is 0. The molecule has 1 aliphatic rings. The zero-order valence-electron chi connectivity index (χ0n) is 13.3. The van der Waals surface area contributed by atoms with Gasteiger partial charge in [0.15, 0.2) is 0 Å². The zero-order chi connectivity index (χ0) is 15.2. The molecule has 1 amide bonds. The topological polar surface area (TPSA) is 38.1 Å². The maximum absolute atomic E-state index is 12.2. The van der Waals surface area contributed by atoms with Crippen LogP contribution in [0, 0.1) is 11.3 Å². The van der Waals surface area contributed by atoms with E-state index >= 15 is 0 Å². The van der Waals surface area contributed by atoms with Gasteiger partial charge in [0.1, 0.15) is 0 Å². The van der Waals surface area contributed by atoms with Gasteiger partial charge < -0.3 is 9.47 Å². The number of carbonyl (C=O) groups excluding carboxylic acids is 1. The van der Waals surface area contributed by atoms with Crippen molar-refractivity contribution >= 4 is 16.8 Å². The maximum Gasteiger partial charge on any atom is 0.227 e. The van der Waals surface area contributed by atoms with Crippen molar-refractivity contribution < 1.29 is 4.79 Å². The Morgan fingerprint density at radius 1 is 1.33 bits per heavy atom. The van der Waals surface area contributed by atoms with Gasteiger partial charge in [-0.1, -0.05) is 20.8 Å². The van der Waals surface area contributed by atoms with Crippen LogP contribution in [0.1, 0.15) is 26.5 Å². The quantitative estimate of drug-likeness (QED) is 0.850. The first kappa shape index (κ1) is 14.1. The number of amides is 1. The summed E-state index contributed by atoms with van der Waals surface area (Å²) in [6, 6.07) is 4.17. The van der Waals surface area contributed by atoms with Crippen molar-refractivity contribution in [1.29, 1.82) is 0 Å². The summed E-state index contributed by atoms with van der Waals surface area (Å²) < 4.78 is 2.13. The van der Waals surface area contributed by atoms with Crippen molar-refractivity contribution in [3.8, 4) is 0 Å². The largest absolute Gasteiger partial charge is 0.349 e. The van der Waals surface area contributed by atoms with Crippen LogP contribution in [0.2, 0.25) is 0 Å². The van der Waals surface area contributed by atoms with Gasteiger partial charge in [0.25, 0.3) is 0 Å². The molecule has 3 rings (SSSR count). The van der Waals surface area contributed by atoms with E-state index in [-0.39, 0.29) is 11.3 Å². The van der Waals surface area contributed by atoms with E-state index in [1.54, 1.807) is 0 Å². The molecule has 4 nitrogen and oxygen atoms in total. The van der Waals surface area contributed by atoms with Crippen LogP contribution in [0.3, 0.4) is 0 Å². The van der Waals surface area contributed by atoms with Crippen molar-refractivity contribution in [3.63, 3.8) is 0 Å². The Hall–Kier alpha value is -1.84. The van der Waals surface area contributed by atoms with Gasteiger partial charge in [-0.15, -0.1) is 0 Å². The van der Waals surface area contributed by atoms with Crippen LogP contribution in [0.5, 0.6) is 0 Å². The fraction of sp³-hybridized carbons (Fsp3) is 0.529. The molecule has 0 spiro atoms. The van der Waals surface area contributed by atoms with E-state index < -0.39 is 0 Å². The molecule has 0 N–H and O–H groups in total. The van der Waals surface area contributed by atoms with Gasteiger partial charge in [0, 0.05) is 43.3 Å². The van der Waals surface area contributed by atoms with Gasteiger partial charge in [-0.2, -0.15) is 0 Å². The first-order valence-corrected chi connectivity index (χ1v) is 7.54. The smallest absolute Gasteiger partial charge is 0.227 e. The molecule has 0 radical (unpaired) electrons. The molecule has 3 heterocycles. The minimum Gasteiger partial charge on any atom is -0.349 e. The SMILES string of the molecule is Cn1ccc2ccnc(CC3CN(C(=O)C(C)(C)C)C3)c21. The van der Waals surface area contributed by atoms with Gasteiger partial charge in [-0.05, 0) is 24.5 Å². The molecule has 1 fully saturated rings. The second-order valence-corrected chi connectivity index (χ2v) is 7.15. The van der Waals surface area contributed by atoms with E-state index in [1.807, 2.05) is 31.9 Å². The number of carbonyl (C=O) groups is 1. The maximum atomic E-state index is 12.2. The molecule has 1 saturated heterocycles. The Morgan fingerprint density at radius 2 is 2.05 bits per heavy atom. The number of pyridine rings is 1. The second-order valence-electron chi connectivity index (χ2n) is 7.15. The lowest BCUT2D eigenvalue weighted by Gasteiger charge is -2.42. The first-order chi connectivity index (χ1) is 9.86. The predicted molar refractivity (Wildman–Crippen MR) is 83.9 cm³/mol. The number of aryl methyl sites for hydroxylation is 1. The highest BCUT2D eigenvalue weighted by Gasteiger charge is 2.36. The third-order valence-electron chi connectivity index (χ3n) is 4.23. The third kappa shape index (κ3) is 2.55. The fourth-order valence-corrected chi connectivity index (χ4v) is 3.08. The first-order valence-electron chi connectivity index (χ1n) is 7.54. The Bertz CT molecular complexity index is 675. The van der Waals surface area contributed by atoms with Gasteiger partial charge >= 0.3 is 0 Å². The molecule has 0 atom stereocenters. The summed E-state index contributed by atoms with van der Waals surface area (Å²) in [5.74, 6) is 0.785. The summed E-state index contributed by atoms with van der Waals surface area (Å²) in [6.07, 6.45) is 4.91. The van der Waals surface area contributed by atoms with Crippen molar-refractivity contribution in [2.45, 2.75) is 27.2 Å². The third-order valence-corrected chi connectivity index (χ3v) is 4.23. The van der Waals surface area contributed by atoms with Crippen LogP contribution in [-0.4, -0.2) is 33.4 Å². The van der Waals surface area contributed by atoms with Crippen LogP contribution < -0.4 is 0 Å². The molecule has 2 aromatic heterocycles. The number of aromatic nitrogens is 2. The molecule has 0 unspecified atom stereocenters. The lowest BCUT2D eigenvalue weighted by atomic mass is 9.88. The zero-order valence-corrected chi connectivity index (χ0v) is 13.3. The predicted octanol–water partition coefficient (Wildman–Crippen LogP) is 2.62. The van der Waals surface area contributed by atoms with Crippen molar-refractivity contribution in [2.24, 2.45) is 18.4 Å². The molecule has 1 aliphatic heterocycles. The summed E-state index contributed by atoms with van der Waals surface area (Å²) in [5.41, 5.74) is 2.09. The molecule has 4 heteroatoms. The average molecular weight is 285 g/mol. The summed E-state index contributed by atoms with van der Waals surface area (Å²) in [6.45, 7) is 7.66. The monoisotopic (exact) mass is 285 g/mol. The van der Waals surface area contributed by atoms with Gasteiger partial charge in [0.05, 0.1) is 11.2 Å². The highest BCUT2D eigenvalue weighted by molar-refractivity contribution is 5.83. The molecule has 0 aliphatic carbocycles. The molecule has 112 valence electrons. The summed E-state index contributed by atoms with van der Waals surface area (Å²) in [5, 5.41) is 1.24. The molecule has 2 aromatic rings. The molecular formula is C17H23N3O. The highest BCUT2D eigenvalue weighted by Crippen LogP contribution is 2.28. The van der Waals surface area contributed by atoms with E-state index in [2.05, 4.69) is 34.9 Å². The minimum atomic E-state index is -0.276. The standard InChI is InChI=1S/C17H23N3O/c1-17(2,3)16(21)20-10-12(11-20)9-14-15-13(5-7-18-14)6-8-19(15)4/h5-8,12H,9-11H2,1-4H3. The number of nitrogens with zero attached hydrogens (tertiary/aromatic N) is 3. The van der Waals surface area contributed by atoms with E-state index in [0.717, 1.165) is 25.2 Å². The summed E-state index contributed by atoms with van der Waals surface area (Å²) in [4.78, 5) is 18.7. The molecule has 0 bridgehead atoms. The lowest BCUT2D eigenvalue weighted by molar-refractivity contribution is -0.146. The van der Waals surface area contributed by atoms with Crippen molar-refractivity contribution in [2.75, 3.05) is 13.1 Å². The number of hydrogen-bond acceptors (Lipinski definition) is 2. The minimum absolute atomic E-state index is 0.254. The molecule has 0 aromatic carbocycles. The van der Waals surface area contributed by atoms with Crippen LogP contribution in [0.15, 0.2) is 24.5 Å². The molecule has 21 heavy (non-hydrogen) atoms. The Balaban J connectivity index is 1.69. The highest BCUT2D eigenvalue weighted by atomic mass is 16.2. The number of rotatable bonds is 2. The Morgan fingerprint density at radius 3 is 2.71 bits per heavy atom. The normalized spacial score (nSPS) is 16.3. The van der Waals surface area contributed by atoms with Gasteiger partial charge in [-0.3, -0.25) is 9.78 Å². The number of likely N-dealkylation sites (tertiary alicyclic amines) is 1. The van der Waals surface area contributed by atoms with E-state index in [1.165, 1.54) is 10.9 Å². The fourth-order valence-electron chi connectivity index (χ4n) is 3.08. The van der Waals surface area contributed by atoms with E-state index in [0.29, 0.717) is 5.92 Å². The van der Waals surface area contributed by atoms with E-state index in [4.69, 9.17) is 0 Å². The number of fused-ring (bicyclic) bond motifs is 1. The Labute approximate surface area is 125 Å². The second kappa shape index (κ2) is 4.86. The van der Waals surface area contributed by atoms with Crippen LogP contribution in [0.25, 0.3) is 10.9 Å². The van der Waals surface area contributed by atoms with Crippen LogP contribution in [-0.2, 0) is 18.3 Å². The molecular weight excluding hydrogens is 262 g/mol. The summed E-state index contributed by atoms with van der Waals surface area (Å²) in [7, 11) is 2.06. The van der Waals surface area contributed by atoms with Crippen LogP contribution >= 0.6 is 0 Å². The average Bonchev–Trinajstić information content (AvgIpc) is 2.74. The van der Waals surface area contributed by atoms with Crippen LogP contribution in [0.4, 0.5) is 0 Å². The summed E-state index contributed by atoms with van der Waals surface area (Å²) >= 11 is 0. The van der Waals surface area contributed by atoms with Crippen molar-refractivity contribution in [3.05, 3.63) is 30.2 Å². The van der Waals surface area contributed by atoms with E-state index in [9.17, 15) is 4.79 Å². The lowest BCUT2D eigenvalue weighted by Crippen LogP contribution is -2.54. The van der Waals surface area contributed by atoms with Gasteiger partial charge in [-0.25, -0.2) is 0 Å². The van der Waals surface area contributed by atoms with Crippen molar-refractivity contribution in [1.82, 2.24) is 14.5 Å².